The van der Waals surface area contributed by atoms with Crippen molar-refractivity contribution in [3.63, 3.8) is 0 Å². The van der Waals surface area contributed by atoms with Crippen molar-refractivity contribution in [1.82, 2.24) is 25.9 Å². The molecule has 0 atom stereocenters. The molecule has 2 aromatic heterocycles. The van der Waals surface area contributed by atoms with Gasteiger partial charge in [-0.1, -0.05) is 18.6 Å². The van der Waals surface area contributed by atoms with E-state index in [1.54, 1.807) is 0 Å². The van der Waals surface area contributed by atoms with Crippen molar-refractivity contribution in [2.75, 3.05) is 0 Å². The van der Waals surface area contributed by atoms with E-state index in [9.17, 15) is 4.79 Å². The van der Waals surface area contributed by atoms with Crippen molar-refractivity contribution in [2.24, 2.45) is 0 Å². The van der Waals surface area contributed by atoms with E-state index in [-0.39, 0.29) is 12.5 Å². The fourth-order valence-corrected chi connectivity index (χ4v) is 2.64. The molecule has 0 saturated carbocycles. The number of carbonyl (C=O) groups excluding carboxylic acids is 1. The Labute approximate surface area is 109 Å². The number of hydrogen-bond donors (Lipinski definition) is 2. The Kier molecular flexibility index (Phi) is 4.03. The summed E-state index contributed by atoms with van der Waals surface area (Å²) in [5.41, 5.74) is 1.26. The van der Waals surface area contributed by atoms with Crippen molar-refractivity contribution < 1.29 is 4.79 Å². The van der Waals surface area contributed by atoms with Crippen molar-refractivity contribution in [3.05, 3.63) is 27.2 Å². The molecule has 0 aliphatic heterocycles. The molecule has 0 unspecified atom stereocenters. The van der Waals surface area contributed by atoms with E-state index in [4.69, 9.17) is 0 Å². The zero-order valence-electron chi connectivity index (χ0n) is 10.4. The van der Waals surface area contributed by atoms with Crippen LogP contribution in [0.15, 0.2) is 6.07 Å². The van der Waals surface area contributed by atoms with Crippen LogP contribution in [-0.2, 0) is 13.0 Å². The van der Waals surface area contributed by atoms with Crippen LogP contribution in [-0.4, -0.2) is 26.5 Å². The third-order valence-electron chi connectivity index (χ3n) is 2.56. The van der Waals surface area contributed by atoms with Gasteiger partial charge in [-0.2, -0.15) is 5.21 Å². The smallest absolute Gasteiger partial charge is 0.261 e. The minimum Gasteiger partial charge on any atom is -0.344 e. The Balaban J connectivity index is 1.98. The number of carbonyl (C=O) groups is 1. The maximum Gasteiger partial charge on any atom is 0.261 e. The number of amides is 1. The molecule has 2 heterocycles. The van der Waals surface area contributed by atoms with E-state index in [2.05, 4.69) is 32.9 Å². The van der Waals surface area contributed by atoms with E-state index >= 15 is 0 Å². The van der Waals surface area contributed by atoms with Gasteiger partial charge in [0.05, 0.1) is 11.4 Å². The summed E-state index contributed by atoms with van der Waals surface area (Å²) in [5, 5.41) is 16.1. The van der Waals surface area contributed by atoms with Crippen molar-refractivity contribution in [2.45, 2.75) is 33.2 Å². The molecule has 6 nitrogen and oxygen atoms in total. The number of H-pyrrole nitrogens is 1. The Morgan fingerprint density at radius 1 is 1.56 bits per heavy atom. The molecule has 0 fully saturated rings. The van der Waals surface area contributed by atoms with E-state index in [0.717, 1.165) is 17.7 Å². The van der Waals surface area contributed by atoms with Gasteiger partial charge in [-0.3, -0.25) is 4.79 Å². The van der Waals surface area contributed by atoms with Gasteiger partial charge in [-0.25, -0.2) is 0 Å². The summed E-state index contributed by atoms with van der Waals surface area (Å²) in [6, 6.07) is 1.97. The number of aromatic nitrogens is 4. The van der Waals surface area contributed by atoms with E-state index in [0.29, 0.717) is 5.82 Å². The second kappa shape index (κ2) is 5.72. The van der Waals surface area contributed by atoms with Gasteiger partial charge in [-0.05, 0) is 25.0 Å². The van der Waals surface area contributed by atoms with Crippen LogP contribution in [0.4, 0.5) is 0 Å². The van der Waals surface area contributed by atoms with Crippen LogP contribution in [0.1, 0.15) is 39.3 Å². The number of rotatable bonds is 5. The minimum atomic E-state index is -0.0877. The van der Waals surface area contributed by atoms with Gasteiger partial charge in [0.1, 0.15) is 0 Å². The zero-order chi connectivity index (χ0) is 13.0. The quantitative estimate of drug-likeness (QED) is 0.857. The Hall–Kier alpha value is -1.76. The largest absolute Gasteiger partial charge is 0.344 e. The number of nitrogens with one attached hydrogen (secondary N) is 2. The number of aromatic amines is 1. The van der Waals surface area contributed by atoms with Crippen LogP contribution in [0.2, 0.25) is 0 Å². The molecule has 18 heavy (non-hydrogen) atoms. The van der Waals surface area contributed by atoms with Crippen LogP contribution in [0.5, 0.6) is 0 Å². The van der Waals surface area contributed by atoms with E-state index in [1.807, 2.05) is 13.0 Å². The molecule has 1 amide bonds. The average molecular weight is 265 g/mol. The summed E-state index contributed by atoms with van der Waals surface area (Å²) in [7, 11) is 0. The lowest BCUT2D eigenvalue weighted by atomic mass is 10.1. The summed E-state index contributed by atoms with van der Waals surface area (Å²) >= 11 is 1.52. The summed E-state index contributed by atoms with van der Waals surface area (Å²) in [4.78, 5) is 13.9. The molecular weight excluding hydrogens is 250 g/mol. The fourth-order valence-electron chi connectivity index (χ4n) is 1.65. The summed E-state index contributed by atoms with van der Waals surface area (Å²) in [5.74, 6) is 0.390. The lowest BCUT2D eigenvalue weighted by Gasteiger charge is -1.98. The number of thiophene rings is 1. The zero-order valence-corrected chi connectivity index (χ0v) is 11.2. The van der Waals surface area contributed by atoms with Crippen LogP contribution < -0.4 is 5.32 Å². The van der Waals surface area contributed by atoms with Crippen molar-refractivity contribution in [1.29, 1.82) is 0 Å². The minimum absolute atomic E-state index is 0.0877. The fraction of sp³-hybridized carbons (Fsp3) is 0.455. The first-order valence-corrected chi connectivity index (χ1v) is 6.62. The molecule has 2 rings (SSSR count). The van der Waals surface area contributed by atoms with Gasteiger partial charge in [0.15, 0.2) is 5.82 Å². The highest BCUT2D eigenvalue weighted by atomic mass is 32.1. The standard InChI is InChI=1S/C11H15N5OS/c1-3-4-8-5-9(18-7(8)2)11(17)12-6-10-13-15-16-14-10/h5H,3-4,6H2,1-2H3,(H,12,17)(H,13,14,15,16). The normalized spacial score (nSPS) is 10.6. The molecule has 0 radical (unpaired) electrons. The topological polar surface area (TPSA) is 83.6 Å². The first kappa shape index (κ1) is 12.7. The van der Waals surface area contributed by atoms with Gasteiger partial charge in [0.2, 0.25) is 0 Å². The molecule has 0 aliphatic carbocycles. The third kappa shape index (κ3) is 2.92. The molecule has 0 aliphatic rings. The van der Waals surface area contributed by atoms with E-state index in [1.165, 1.54) is 21.8 Å². The first-order valence-electron chi connectivity index (χ1n) is 5.80. The van der Waals surface area contributed by atoms with Crippen LogP contribution in [0.25, 0.3) is 0 Å². The van der Waals surface area contributed by atoms with Crippen LogP contribution in [0, 0.1) is 6.92 Å². The highest BCUT2D eigenvalue weighted by Crippen LogP contribution is 2.22. The van der Waals surface area contributed by atoms with Gasteiger partial charge in [0.25, 0.3) is 5.91 Å². The summed E-state index contributed by atoms with van der Waals surface area (Å²) < 4.78 is 0. The monoisotopic (exact) mass is 265 g/mol. The van der Waals surface area contributed by atoms with Gasteiger partial charge < -0.3 is 5.32 Å². The van der Waals surface area contributed by atoms with Gasteiger partial charge >= 0.3 is 0 Å². The average Bonchev–Trinajstić information content (AvgIpc) is 2.97. The lowest BCUT2D eigenvalue weighted by molar-refractivity contribution is 0.0954. The SMILES string of the molecule is CCCc1cc(C(=O)NCc2nn[nH]n2)sc1C. The molecule has 0 bridgehead atoms. The lowest BCUT2D eigenvalue weighted by Crippen LogP contribution is -2.22. The van der Waals surface area contributed by atoms with E-state index < -0.39 is 0 Å². The maximum atomic E-state index is 11.9. The molecule has 0 saturated heterocycles. The predicted octanol–water partition coefficient (Wildman–Crippen LogP) is 1.45. The third-order valence-corrected chi connectivity index (χ3v) is 3.65. The molecular formula is C11H15N5OS. The second-order valence-corrected chi connectivity index (χ2v) is 5.21. The first-order chi connectivity index (χ1) is 8.70. The summed E-state index contributed by atoms with van der Waals surface area (Å²) in [6.45, 7) is 4.47. The molecule has 7 heteroatoms. The highest BCUT2D eigenvalue weighted by Gasteiger charge is 2.12. The number of hydrogen-bond acceptors (Lipinski definition) is 5. The second-order valence-electron chi connectivity index (χ2n) is 3.95. The molecule has 96 valence electrons. The highest BCUT2D eigenvalue weighted by molar-refractivity contribution is 7.14. The van der Waals surface area contributed by atoms with Crippen LogP contribution >= 0.6 is 11.3 Å². The summed E-state index contributed by atoms with van der Waals surface area (Å²) in [6.07, 6.45) is 2.10. The van der Waals surface area contributed by atoms with Crippen molar-refractivity contribution >= 4 is 17.2 Å². The van der Waals surface area contributed by atoms with Crippen molar-refractivity contribution in [3.8, 4) is 0 Å². The Morgan fingerprint density at radius 3 is 3.06 bits per heavy atom. The molecule has 0 aromatic carbocycles. The number of nitrogens with zero attached hydrogens (tertiary/aromatic N) is 3. The maximum absolute atomic E-state index is 11.9. The Morgan fingerprint density at radius 2 is 2.39 bits per heavy atom. The molecule has 0 spiro atoms. The Bertz CT molecular complexity index is 520. The van der Waals surface area contributed by atoms with Gasteiger partial charge in [-0.15, -0.1) is 21.5 Å². The molecule has 2 N–H and O–H groups in total. The number of tetrazole rings is 1. The predicted molar refractivity (Wildman–Crippen MR) is 68.4 cm³/mol. The molecule has 2 aromatic rings. The van der Waals surface area contributed by atoms with Crippen LogP contribution in [0.3, 0.4) is 0 Å². The number of aryl methyl sites for hydroxylation is 2. The van der Waals surface area contributed by atoms with Gasteiger partial charge in [0, 0.05) is 4.88 Å².